The summed E-state index contributed by atoms with van der Waals surface area (Å²) < 4.78 is 14.4. The molecular weight excluding hydrogens is 298 g/mol. The molecule has 0 spiro atoms. The molecule has 2 aromatic heterocycles. The minimum absolute atomic E-state index is 0.00833. The van der Waals surface area contributed by atoms with E-state index in [4.69, 9.17) is 14.0 Å². The Morgan fingerprint density at radius 2 is 2.29 bits per heavy atom. The fourth-order valence-corrected chi connectivity index (χ4v) is 2.13. The molecule has 2 aromatic rings. The molecule has 0 aliphatic rings. The first-order chi connectivity index (χ1) is 10.1. The van der Waals surface area contributed by atoms with E-state index in [2.05, 4.69) is 15.5 Å². The number of nitrogens with one attached hydrogen (secondary N) is 1. The second kappa shape index (κ2) is 6.84. The summed E-state index contributed by atoms with van der Waals surface area (Å²) in [5.74, 6) is -0.639. The van der Waals surface area contributed by atoms with Gasteiger partial charge in [-0.15, -0.1) is 11.3 Å². The minimum atomic E-state index is -0.497. The quantitative estimate of drug-likeness (QED) is 0.806. The zero-order chi connectivity index (χ0) is 15.2. The maximum Gasteiger partial charge on any atom is 0.311 e. The summed E-state index contributed by atoms with van der Waals surface area (Å²) >= 11 is 1.20. The Hall–Kier alpha value is -2.42. The Labute approximate surface area is 124 Å². The summed E-state index contributed by atoms with van der Waals surface area (Å²) in [6.45, 7) is 2.05. The number of esters is 1. The molecule has 0 aliphatic carbocycles. The Morgan fingerprint density at radius 1 is 1.48 bits per heavy atom. The van der Waals surface area contributed by atoms with Crippen LogP contribution in [0.2, 0.25) is 0 Å². The van der Waals surface area contributed by atoms with Crippen LogP contribution in [0.25, 0.3) is 0 Å². The molecule has 0 saturated heterocycles. The van der Waals surface area contributed by atoms with E-state index < -0.39 is 5.91 Å². The van der Waals surface area contributed by atoms with Crippen molar-refractivity contribution in [2.75, 3.05) is 19.0 Å². The average Bonchev–Trinajstić information content (AvgIpc) is 3.08. The van der Waals surface area contributed by atoms with Crippen molar-refractivity contribution in [3.63, 3.8) is 0 Å². The highest BCUT2D eigenvalue weighted by Gasteiger charge is 2.16. The number of amides is 1. The maximum atomic E-state index is 11.9. The summed E-state index contributed by atoms with van der Waals surface area (Å²) in [6, 6.07) is 1.36. The second-order valence-corrected chi connectivity index (χ2v) is 4.67. The highest BCUT2D eigenvalue weighted by molar-refractivity contribution is 7.14. The van der Waals surface area contributed by atoms with Crippen molar-refractivity contribution < 1.29 is 23.6 Å². The standard InChI is InChI=1S/C12H13N3O5S/c1-3-19-10(16)4-7-6-21-12(13-7)14-11(17)8-5-9(18-2)15-20-8/h5-6H,3-4H2,1-2H3,(H,13,14,17). The van der Waals surface area contributed by atoms with E-state index >= 15 is 0 Å². The highest BCUT2D eigenvalue weighted by Crippen LogP contribution is 2.18. The molecule has 0 fully saturated rings. The molecule has 21 heavy (non-hydrogen) atoms. The molecule has 0 aliphatic heterocycles. The number of rotatable bonds is 6. The van der Waals surface area contributed by atoms with Gasteiger partial charge in [0.25, 0.3) is 11.8 Å². The molecule has 112 valence electrons. The van der Waals surface area contributed by atoms with Crippen molar-refractivity contribution in [2.24, 2.45) is 0 Å². The summed E-state index contributed by atoms with van der Waals surface area (Å²) in [7, 11) is 1.42. The van der Waals surface area contributed by atoms with Gasteiger partial charge in [0.05, 0.1) is 31.9 Å². The largest absolute Gasteiger partial charge is 0.479 e. The van der Waals surface area contributed by atoms with Crippen molar-refractivity contribution in [3.05, 3.63) is 22.9 Å². The lowest BCUT2D eigenvalue weighted by atomic mass is 10.3. The van der Waals surface area contributed by atoms with Gasteiger partial charge in [0, 0.05) is 5.38 Å². The van der Waals surface area contributed by atoms with Crippen LogP contribution in [0.1, 0.15) is 23.2 Å². The van der Waals surface area contributed by atoms with Crippen LogP contribution in [-0.2, 0) is 16.0 Å². The number of ether oxygens (including phenoxy) is 2. The van der Waals surface area contributed by atoms with E-state index in [9.17, 15) is 9.59 Å². The number of methoxy groups -OCH3 is 1. The molecule has 0 saturated carbocycles. The third kappa shape index (κ3) is 4.02. The molecule has 9 heteroatoms. The van der Waals surface area contributed by atoms with E-state index in [1.807, 2.05) is 0 Å². The number of anilines is 1. The van der Waals surface area contributed by atoms with Crippen LogP contribution in [0, 0.1) is 0 Å². The first-order valence-electron chi connectivity index (χ1n) is 6.04. The minimum Gasteiger partial charge on any atom is -0.479 e. The molecule has 0 aromatic carbocycles. The van der Waals surface area contributed by atoms with Gasteiger partial charge in [-0.2, -0.15) is 0 Å². The van der Waals surface area contributed by atoms with Crippen LogP contribution in [0.15, 0.2) is 16.0 Å². The fourth-order valence-electron chi connectivity index (χ4n) is 1.43. The summed E-state index contributed by atoms with van der Waals surface area (Å²) in [4.78, 5) is 27.3. The van der Waals surface area contributed by atoms with Crippen LogP contribution in [0.4, 0.5) is 5.13 Å². The molecule has 0 radical (unpaired) electrons. The van der Waals surface area contributed by atoms with Crippen LogP contribution >= 0.6 is 11.3 Å². The van der Waals surface area contributed by atoms with E-state index in [1.54, 1.807) is 12.3 Å². The third-order valence-corrected chi connectivity index (χ3v) is 3.13. The number of carbonyl (C=O) groups excluding carboxylic acids is 2. The maximum absolute atomic E-state index is 11.9. The number of hydrogen-bond acceptors (Lipinski definition) is 8. The first-order valence-corrected chi connectivity index (χ1v) is 6.92. The van der Waals surface area contributed by atoms with Gasteiger partial charge in [0.2, 0.25) is 5.76 Å². The van der Waals surface area contributed by atoms with Crippen LogP contribution in [0.5, 0.6) is 5.88 Å². The van der Waals surface area contributed by atoms with Crippen molar-refractivity contribution in [1.82, 2.24) is 10.1 Å². The third-order valence-electron chi connectivity index (χ3n) is 2.32. The van der Waals surface area contributed by atoms with Crippen molar-refractivity contribution >= 4 is 28.3 Å². The van der Waals surface area contributed by atoms with Crippen LogP contribution in [-0.4, -0.2) is 35.7 Å². The molecule has 1 amide bonds. The Bertz CT molecular complexity index is 636. The zero-order valence-electron chi connectivity index (χ0n) is 11.4. The van der Waals surface area contributed by atoms with Crippen molar-refractivity contribution in [2.45, 2.75) is 13.3 Å². The molecule has 0 bridgehead atoms. The average molecular weight is 311 g/mol. The highest BCUT2D eigenvalue weighted by atomic mass is 32.1. The lowest BCUT2D eigenvalue weighted by Gasteiger charge is -1.98. The van der Waals surface area contributed by atoms with Crippen LogP contribution < -0.4 is 10.1 Å². The van der Waals surface area contributed by atoms with Gasteiger partial charge in [-0.3, -0.25) is 14.9 Å². The monoisotopic (exact) mass is 311 g/mol. The summed E-state index contributed by atoms with van der Waals surface area (Å²) in [5, 5.41) is 8.10. The van der Waals surface area contributed by atoms with Crippen molar-refractivity contribution in [1.29, 1.82) is 0 Å². The van der Waals surface area contributed by atoms with Gasteiger partial charge in [-0.05, 0) is 12.1 Å². The van der Waals surface area contributed by atoms with E-state index in [0.29, 0.717) is 17.4 Å². The number of hydrogen-bond donors (Lipinski definition) is 1. The Balaban J connectivity index is 1.95. The fraction of sp³-hybridized carbons (Fsp3) is 0.333. The summed E-state index contributed by atoms with van der Waals surface area (Å²) in [5.41, 5.74) is 0.531. The molecule has 0 unspecified atom stereocenters. The van der Waals surface area contributed by atoms with Gasteiger partial charge in [0.1, 0.15) is 0 Å². The van der Waals surface area contributed by atoms with Gasteiger partial charge in [-0.25, -0.2) is 4.98 Å². The second-order valence-electron chi connectivity index (χ2n) is 3.81. The molecule has 2 rings (SSSR count). The SMILES string of the molecule is CCOC(=O)Cc1csc(NC(=O)c2cc(OC)no2)n1. The topological polar surface area (TPSA) is 104 Å². The zero-order valence-corrected chi connectivity index (χ0v) is 12.2. The molecule has 2 heterocycles. The number of carbonyl (C=O) groups is 2. The molecular formula is C12H13N3O5S. The van der Waals surface area contributed by atoms with Gasteiger partial charge in [-0.1, -0.05) is 0 Å². The van der Waals surface area contributed by atoms with Gasteiger partial charge in [0.15, 0.2) is 5.13 Å². The smallest absolute Gasteiger partial charge is 0.311 e. The predicted molar refractivity (Wildman–Crippen MR) is 73.5 cm³/mol. The molecule has 0 atom stereocenters. The Kier molecular flexibility index (Phi) is 4.88. The van der Waals surface area contributed by atoms with Crippen LogP contribution in [0.3, 0.4) is 0 Å². The van der Waals surface area contributed by atoms with E-state index in [0.717, 1.165) is 0 Å². The predicted octanol–water partition coefficient (Wildman–Crippen LogP) is 1.50. The van der Waals surface area contributed by atoms with E-state index in [1.165, 1.54) is 24.5 Å². The normalized spacial score (nSPS) is 10.2. The van der Waals surface area contributed by atoms with Crippen molar-refractivity contribution in [3.8, 4) is 5.88 Å². The number of thiazole rings is 1. The molecule has 8 nitrogen and oxygen atoms in total. The molecule has 1 N–H and O–H groups in total. The van der Waals surface area contributed by atoms with Gasteiger partial charge >= 0.3 is 5.97 Å². The number of aromatic nitrogens is 2. The summed E-state index contributed by atoms with van der Waals surface area (Å²) in [6.07, 6.45) is 0.0658. The first kappa shape index (κ1) is 15.0. The Morgan fingerprint density at radius 3 is 2.95 bits per heavy atom. The van der Waals surface area contributed by atoms with E-state index in [-0.39, 0.29) is 24.0 Å². The lowest BCUT2D eigenvalue weighted by Crippen LogP contribution is -2.11. The van der Waals surface area contributed by atoms with Gasteiger partial charge < -0.3 is 14.0 Å². The lowest BCUT2D eigenvalue weighted by molar-refractivity contribution is -0.142. The number of nitrogens with zero attached hydrogens (tertiary/aromatic N) is 2.